The molecule has 110 valence electrons. The molecule has 0 bridgehead atoms. The van der Waals surface area contributed by atoms with Crippen molar-refractivity contribution in [2.45, 2.75) is 5.60 Å². The Morgan fingerprint density at radius 3 is 1.91 bits per heavy atom. The van der Waals surface area contributed by atoms with Crippen LogP contribution in [-0.4, -0.2) is 6.61 Å². The van der Waals surface area contributed by atoms with Crippen LogP contribution in [0.5, 0.6) is 0 Å². The van der Waals surface area contributed by atoms with E-state index in [9.17, 15) is 0 Å². The lowest BCUT2D eigenvalue weighted by Crippen LogP contribution is -2.32. The van der Waals surface area contributed by atoms with E-state index in [0.29, 0.717) is 6.61 Å². The van der Waals surface area contributed by atoms with E-state index in [1.54, 1.807) is 12.3 Å². The van der Waals surface area contributed by atoms with Crippen molar-refractivity contribution < 1.29 is 9.15 Å². The normalized spacial score (nSPS) is 11.3. The van der Waals surface area contributed by atoms with E-state index in [-0.39, 0.29) is 0 Å². The number of ether oxygens (including phenoxy) is 1. The number of hydrogen-bond acceptors (Lipinski definition) is 2. The highest BCUT2D eigenvalue weighted by molar-refractivity contribution is 5.44. The van der Waals surface area contributed by atoms with Gasteiger partial charge in [0.1, 0.15) is 5.76 Å². The number of hydrogen-bond donors (Lipinski definition) is 0. The van der Waals surface area contributed by atoms with Crippen molar-refractivity contribution in [2.24, 2.45) is 0 Å². The highest BCUT2D eigenvalue weighted by Gasteiger charge is 2.39. The second-order valence-electron chi connectivity index (χ2n) is 4.99. The van der Waals surface area contributed by atoms with Crippen LogP contribution in [-0.2, 0) is 10.3 Å². The molecule has 0 N–H and O–H groups in total. The van der Waals surface area contributed by atoms with Crippen molar-refractivity contribution in [3.05, 3.63) is 109 Å². The van der Waals surface area contributed by atoms with Gasteiger partial charge in [0.2, 0.25) is 0 Å². The average molecular weight is 290 g/mol. The lowest BCUT2D eigenvalue weighted by molar-refractivity contribution is 0.0153. The summed E-state index contributed by atoms with van der Waals surface area (Å²) >= 11 is 0. The number of furan rings is 1. The fourth-order valence-electron chi connectivity index (χ4n) is 2.70. The molecule has 22 heavy (non-hydrogen) atoms. The third kappa shape index (κ3) is 2.49. The van der Waals surface area contributed by atoms with Gasteiger partial charge in [0.15, 0.2) is 5.60 Å². The molecule has 2 aromatic carbocycles. The minimum atomic E-state index is -0.778. The minimum Gasteiger partial charge on any atom is -0.466 e. The first-order valence-corrected chi connectivity index (χ1v) is 7.28. The fourth-order valence-corrected chi connectivity index (χ4v) is 2.70. The molecule has 3 aromatic rings. The van der Waals surface area contributed by atoms with Crippen molar-refractivity contribution in [2.75, 3.05) is 6.61 Å². The van der Waals surface area contributed by atoms with Crippen LogP contribution < -0.4 is 0 Å². The number of rotatable bonds is 6. The van der Waals surface area contributed by atoms with E-state index in [2.05, 4.69) is 30.8 Å². The molecule has 1 heterocycles. The van der Waals surface area contributed by atoms with Gasteiger partial charge < -0.3 is 9.15 Å². The van der Waals surface area contributed by atoms with Crippen LogP contribution in [0.2, 0.25) is 0 Å². The quantitative estimate of drug-likeness (QED) is 0.610. The van der Waals surface area contributed by atoms with Gasteiger partial charge in [-0.2, -0.15) is 0 Å². The van der Waals surface area contributed by atoms with Crippen LogP contribution >= 0.6 is 0 Å². The predicted molar refractivity (Wildman–Crippen MR) is 87.6 cm³/mol. The SMILES string of the molecule is C=CCOC(c1ccccc1)(c1ccccc1)c1ccco1. The zero-order valence-electron chi connectivity index (χ0n) is 12.3. The monoisotopic (exact) mass is 290 g/mol. The van der Waals surface area contributed by atoms with Gasteiger partial charge in [-0.25, -0.2) is 0 Å². The molecule has 1 aromatic heterocycles. The standard InChI is InChI=1S/C20H18O2/c1-2-15-22-20(19-14-9-16-21-19,17-10-5-3-6-11-17)18-12-7-4-8-13-18/h2-14,16H,1,15H2. The third-order valence-electron chi connectivity index (χ3n) is 3.65. The fraction of sp³-hybridized carbons (Fsp3) is 0.100. The predicted octanol–water partition coefficient (Wildman–Crippen LogP) is 4.77. The van der Waals surface area contributed by atoms with Crippen molar-refractivity contribution in [1.82, 2.24) is 0 Å². The van der Waals surface area contributed by atoms with Crippen molar-refractivity contribution >= 4 is 0 Å². The van der Waals surface area contributed by atoms with Crippen molar-refractivity contribution in [1.29, 1.82) is 0 Å². The Hall–Kier alpha value is -2.58. The molecule has 0 unspecified atom stereocenters. The van der Waals surface area contributed by atoms with E-state index in [1.807, 2.05) is 48.5 Å². The van der Waals surface area contributed by atoms with Crippen LogP contribution in [0, 0.1) is 0 Å². The molecule has 0 aliphatic carbocycles. The maximum Gasteiger partial charge on any atom is 0.176 e. The van der Waals surface area contributed by atoms with E-state index >= 15 is 0 Å². The van der Waals surface area contributed by atoms with Gasteiger partial charge in [0.25, 0.3) is 0 Å². The summed E-state index contributed by atoms with van der Waals surface area (Å²) in [7, 11) is 0. The van der Waals surface area contributed by atoms with Gasteiger partial charge in [0, 0.05) is 0 Å². The molecule has 0 aliphatic heterocycles. The summed E-state index contributed by atoms with van der Waals surface area (Å²) in [4.78, 5) is 0. The maximum absolute atomic E-state index is 6.28. The van der Waals surface area contributed by atoms with Crippen LogP contribution in [0.4, 0.5) is 0 Å². The Labute approximate surface area is 130 Å². The van der Waals surface area contributed by atoms with Crippen LogP contribution in [0.1, 0.15) is 16.9 Å². The molecule has 0 saturated heterocycles. The van der Waals surface area contributed by atoms with Gasteiger partial charge in [-0.05, 0) is 23.3 Å². The molecule has 0 radical (unpaired) electrons. The van der Waals surface area contributed by atoms with E-state index in [1.165, 1.54) is 0 Å². The van der Waals surface area contributed by atoms with Crippen molar-refractivity contribution in [3.63, 3.8) is 0 Å². The van der Waals surface area contributed by atoms with Crippen LogP contribution in [0.25, 0.3) is 0 Å². The number of benzene rings is 2. The molecule has 0 aliphatic rings. The van der Waals surface area contributed by atoms with E-state index in [0.717, 1.165) is 16.9 Å². The lowest BCUT2D eigenvalue weighted by atomic mass is 9.84. The van der Waals surface area contributed by atoms with Crippen LogP contribution in [0.15, 0.2) is 96.1 Å². The molecule has 0 fully saturated rings. The topological polar surface area (TPSA) is 22.4 Å². The average Bonchev–Trinajstić information content (AvgIpc) is 3.13. The summed E-state index contributed by atoms with van der Waals surface area (Å²) in [6, 6.07) is 24.1. The zero-order chi connectivity index (χ0) is 15.3. The summed E-state index contributed by atoms with van der Waals surface area (Å²) in [5, 5.41) is 0. The minimum absolute atomic E-state index is 0.421. The van der Waals surface area contributed by atoms with Crippen molar-refractivity contribution in [3.8, 4) is 0 Å². The molecular weight excluding hydrogens is 272 g/mol. The van der Waals surface area contributed by atoms with Gasteiger partial charge in [0.05, 0.1) is 12.9 Å². The Morgan fingerprint density at radius 2 is 1.45 bits per heavy atom. The van der Waals surface area contributed by atoms with E-state index < -0.39 is 5.60 Å². The Bertz CT molecular complexity index is 660. The first-order valence-electron chi connectivity index (χ1n) is 7.28. The summed E-state index contributed by atoms with van der Waals surface area (Å²) < 4.78 is 12.0. The molecular formula is C20H18O2. The second-order valence-corrected chi connectivity index (χ2v) is 4.99. The second kappa shape index (κ2) is 6.46. The first kappa shape index (κ1) is 14.4. The first-order chi connectivity index (χ1) is 10.9. The summed E-state index contributed by atoms with van der Waals surface area (Å²) in [6.45, 7) is 4.20. The molecule has 0 amide bonds. The Balaban J connectivity index is 2.25. The van der Waals surface area contributed by atoms with Gasteiger partial charge in [-0.3, -0.25) is 0 Å². The maximum atomic E-state index is 6.28. The Morgan fingerprint density at radius 1 is 0.864 bits per heavy atom. The van der Waals surface area contributed by atoms with Gasteiger partial charge in [-0.1, -0.05) is 66.7 Å². The molecule has 2 nitrogen and oxygen atoms in total. The molecule has 0 saturated carbocycles. The largest absolute Gasteiger partial charge is 0.466 e. The van der Waals surface area contributed by atoms with E-state index in [4.69, 9.17) is 9.15 Å². The molecule has 0 spiro atoms. The summed E-state index contributed by atoms with van der Waals surface area (Å²) in [5.41, 5.74) is 1.27. The third-order valence-corrected chi connectivity index (χ3v) is 3.65. The highest BCUT2D eigenvalue weighted by Crippen LogP contribution is 2.40. The van der Waals surface area contributed by atoms with Gasteiger partial charge >= 0.3 is 0 Å². The summed E-state index contributed by atoms with van der Waals surface area (Å²) in [6.07, 6.45) is 3.43. The van der Waals surface area contributed by atoms with Gasteiger partial charge in [-0.15, -0.1) is 6.58 Å². The molecule has 2 heteroatoms. The highest BCUT2D eigenvalue weighted by atomic mass is 16.5. The molecule has 0 atom stereocenters. The molecule has 3 rings (SSSR count). The van der Waals surface area contributed by atoms with Crippen LogP contribution in [0.3, 0.4) is 0 Å². The summed E-state index contributed by atoms with van der Waals surface area (Å²) in [5.74, 6) is 0.756. The lowest BCUT2D eigenvalue weighted by Gasteiger charge is -2.33. The zero-order valence-corrected chi connectivity index (χ0v) is 12.3. The Kier molecular flexibility index (Phi) is 4.22. The smallest absolute Gasteiger partial charge is 0.176 e.